The molecule has 0 spiro atoms. The van der Waals surface area contributed by atoms with Crippen molar-refractivity contribution in [3.8, 4) is 0 Å². The maximum absolute atomic E-state index is 11.2. The fraction of sp³-hybridized carbons (Fsp3) is 0.889. The molecule has 0 atom stereocenters. The number of carbonyl (C=O) groups excluding carboxylic acids is 1. The van der Waals surface area contributed by atoms with Crippen molar-refractivity contribution < 1.29 is 9.53 Å². The maximum Gasteiger partial charge on any atom is 0.305 e. The van der Waals surface area contributed by atoms with Crippen LogP contribution in [-0.2, 0) is 9.53 Å². The van der Waals surface area contributed by atoms with Gasteiger partial charge in [0.2, 0.25) is 0 Å². The van der Waals surface area contributed by atoms with E-state index in [1.165, 1.54) is 12.8 Å². The first-order chi connectivity index (χ1) is 11.2. The molecule has 1 aliphatic rings. The van der Waals surface area contributed by atoms with Crippen molar-refractivity contribution in [2.45, 2.75) is 65.7 Å². The van der Waals surface area contributed by atoms with Gasteiger partial charge in [-0.3, -0.25) is 9.79 Å². The molecule has 0 radical (unpaired) electrons. The van der Waals surface area contributed by atoms with Crippen LogP contribution in [0.2, 0.25) is 0 Å². The van der Waals surface area contributed by atoms with E-state index in [9.17, 15) is 4.79 Å². The summed E-state index contributed by atoms with van der Waals surface area (Å²) in [5.74, 6) is 1.85. The van der Waals surface area contributed by atoms with Crippen LogP contribution in [0, 0.1) is 5.92 Å². The second-order valence-electron chi connectivity index (χ2n) is 6.37. The molecule has 0 aromatic carbocycles. The van der Waals surface area contributed by atoms with Gasteiger partial charge in [0.1, 0.15) is 0 Å². The molecular formula is C18H35N3O2. The number of likely N-dealkylation sites (tertiary alicyclic amines) is 1. The van der Waals surface area contributed by atoms with E-state index in [4.69, 9.17) is 9.73 Å². The molecule has 1 aliphatic heterocycles. The zero-order valence-electron chi connectivity index (χ0n) is 15.3. The Balaban J connectivity index is 2.18. The van der Waals surface area contributed by atoms with Gasteiger partial charge in [0.15, 0.2) is 5.96 Å². The lowest BCUT2D eigenvalue weighted by Crippen LogP contribution is -2.45. The summed E-state index contributed by atoms with van der Waals surface area (Å²) in [6.07, 6.45) is 7.28. The molecule has 0 aromatic rings. The first-order valence-electron chi connectivity index (χ1n) is 9.36. The summed E-state index contributed by atoms with van der Waals surface area (Å²) in [5, 5.41) is 3.41. The predicted octanol–water partition coefficient (Wildman–Crippen LogP) is 3.20. The number of nitrogens with zero attached hydrogens (tertiary/aromatic N) is 2. The van der Waals surface area contributed by atoms with Crippen LogP contribution in [0.4, 0.5) is 0 Å². The number of aliphatic imine (C=N–C) groups is 1. The molecule has 0 bridgehead atoms. The van der Waals surface area contributed by atoms with E-state index < -0.39 is 0 Å². The van der Waals surface area contributed by atoms with Gasteiger partial charge in [-0.05, 0) is 45.4 Å². The largest absolute Gasteiger partial charge is 0.466 e. The summed E-state index contributed by atoms with van der Waals surface area (Å²) >= 11 is 0. The standard InChI is InChI=1S/C18H35N3O2/c1-4-19-18(21-14-11-16(3)12-15-21)20-13-9-7-6-8-10-17(22)23-5-2/h16H,4-15H2,1-3H3,(H,19,20). The summed E-state index contributed by atoms with van der Waals surface area (Å²) in [7, 11) is 0. The molecule has 1 saturated heterocycles. The minimum absolute atomic E-state index is 0.0701. The molecule has 5 nitrogen and oxygen atoms in total. The SMILES string of the molecule is CCNC(=NCCCCCCC(=O)OCC)N1CCC(C)CC1. The maximum atomic E-state index is 11.2. The van der Waals surface area contributed by atoms with Gasteiger partial charge in [0, 0.05) is 32.6 Å². The number of hydrogen-bond acceptors (Lipinski definition) is 3. The Morgan fingerprint density at radius 1 is 1.17 bits per heavy atom. The molecule has 0 aliphatic carbocycles. The van der Waals surface area contributed by atoms with Crippen molar-refractivity contribution in [3.63, 3.8) is 0 Å². The van der Waals surface area contributed by atoms with Gasteiger partial charge in [0.05, 0.1) is 6.61 Å². The minimum atomic E-state index is -0.0701. The smallest absolute Gasteiger partial charge is 0.305 e. The Kier molecular flexibility index (Phi) is 10.5. The van der Waals surface area contributed by atoms with Crippen LogP contribution in [0.15, 0.2) is 4.99 Å². The van der Waals surface area contributed by atoms with Gasteiger partial charge >= 0.3 is 5.97 Å². The van der Waals surface area contributed by atoms with Crippen molar-refractivity contribution in [2.75, 3.05) is 32.8 Å². The number of nitrogens with one attached hydrogen (secondary N) is 1. The first-order valence-corrected chi connectivity index (χ1v) is 9.36. The summed E-state index contributed by atoms with van der Waals surface area (Å²) in [5.41, 5.74) is 0. The summed E-state index contributed by atoms with van der Waals surface area (Å²) in [6.45, 7) is 10.8. The molecule has 0 amide bonds. The molecule has 0 aromatic heterocycles. The highest BCUT2D eigenvalue weighted by Crippen LogP contribution is 2.16. The highest BCUT2D eigenvalue weighted by atomic mass is 16.5. The zero-order chi connectivity index (χ0) is 16.9. The molecule has 1 heterocycles. The van der Waals surface area contributed by atoms with E-state index in [0.717, 1.165) is 63.7 Å². The Bertz CT molecular complexity index is 350. The van der Waals surface area contributed by atoms with E-state index in [0.29, 0.717) is 13.0 Å². The van der Waals surface area contributed by atoms with Crippen molar-refractivity contribution in [1.29, 1.82) is 0 Å². The molecular weight excluding hydrogens is 290 g/mol. The molecule has 134 valence electrons. The number of hydrogen-bond donors (Lipinski definition) is 1. The lowest BCUT2D eigenvalue weighted by atomic mass is 10.00. The third-order valence-electron chi connectivity index (χ3n) is 4.27. The Morgan fingerprint density at radius 3 is 2.52 bits per heavy atom. The molecule has 5 heteroatoms. The number of rotatable bonds is 9. The van der Waals surface area contributed by atoms with Crippen LogP contribution in [0.5, 0.6) is 0 Å². The van der Waals surface area contributed by atoms with Crippen molar-refractivity contribution in [3.05, 3.63) is 0 Å². The fourth-order valence-corrected chi connectivity index (χ4v) is 2.80. The van der Waals surface area contributed by atoms with Crippen molar-refractivity contribution in [2.24, 2.45) is 10.9 Å². The molecule has 23 heavy (non-hydrogen) atoms. The Morgan fingerprint density at radius 2 is 1.87 bits per heavy atom. The quantitative estimate of drug-likeness (QED) is 0.306. The van der Waals surface area contributed by atoms with Gasteiger partial charge in [-0.1, -0.05) is 19.8 Å². The highest BCUT2D eigenvalue weighted by Gasteiger charge is 2.18. The summed E-state index contributed by atoms with van der Waals surface area (Å²) < 4.78 is 4.93. The number of unbranched alkanes of at least 4 members (excludes halogenated alkanes) is 3. The van der Waals surface area contributed by atoms with Gasteiger partial charge in [-0.15, -0.1) is 0 Å². The highest BCUT2D eigenvalue weighted by molar-refractivity contribution is 5.80. The number of guanidine groups is 1. The molecule has 1 fully saturated rings. The normalized spacial score (nSPS) is 16.5. The Hall–Kier alpha value is -1.26. The van der Waals surface area contributed by atoms with E-state index in [1.807, 2.05) is 6.92 Å². The fourth-order valence-electron chi connectivity index (χ4n) is 2.80. The van der Waals surface area contributed by atoms with Crippen LogP contribution in [-0.4, -0.2) is 49.6 Å². The summed E-state index contributed by atoms with van der Waals surface area (Å²) in [6, 6.07) is 0. The Labute approximate surface area is 141 Å². The van der Waals surface area contributed by atoms with E-state index in [-0.39, 0.29) is 5.97 Å². The second kappa shape index (κ2) is 12.2. The van der Waals surface area contributed by atoms with Crippen LogP contribution in [0.1, 0.15) is 65.7 Å². The lowest BCUT2D eigenvalue weighted by Gasteiger charge is -2.33. The predicted molar refractivity (Wildman–Crippen MR) is 95.7 cm³/mol. The third-order valence-corrected chi connectivity index (χ3v) is 4.27. The number of piperidine rings is 1. The molecule has 0 unspecified atom stereocenters. The van der Waals surface area contributed by atoms with Crippen LogP contribution < -0.4 is 5.32 Å². The van der Waals surface area contributed by atoms with Gasteiger partial charge in [0.25, 0.3) is 0 Å². The molecule has 1 N–H and O–H groups in total. The van der Waals surface area contributed by atoms with Crippen molar-refractivity contribution in [1.82, 2.24) is 10.2 Å². The number of carbonyl (C=O) groups is 1. The van der Waals surface area contributed by atoms with Crippen molar-refractivity contribution >= 4 is 11.9 Å². The van der Waals surface area contributed by atoms with Crippen LogP contribution in [0.3, 0.4) is 0 Å². The van der Waals surface area contributed by atoms with E-state index in [1.54, 1.807) is 0 Å². The number of ether oxygens (including phenoxy) is 1. The zero-order valence-corrected chi connectivity index (χ0v) is 15.3. The average Bonchev–Trinajstić information content (AvgIpc) is 2.54. The van der Waals surface area contributed by atoms with Gasteiger partial charge < -0.3 is 15.0 Å². The third kappa shape index (κ3) is 8.82. The van der Waals surface area contributed by atoms with Crippen LogP contribution in [0.25, 0.3) is 0 Å². The molecule has 0 saturated carbocycles. The minimum Gasteiger partial charge on any atom is -0.466 e. The molecule has 1 rings (SSSR count). The topological polar surface area (TPSA) is 53.9 Å². The number of esters is 1. The lowest BCUT2D eigenvalue weighted by molar-refractivity contribution is -0.143. The average molecular weight is 325 g/mol. The summed E-state index contributed by atoms with van der Waals surface area (Å²) in [4.78, 5) is 18.4. The first kappa shape index (κ1) is 19.8. The van der Waals surface area contributed by atoms with E-state index >= 15 is 0 Å². The van der Waals surface area contributed by atoms with Gasteiger partial charge in [-0.25, -0.2) is 0 Å². The van der Waals surface area contributed by atoms with E-state index in [2.05, 4.69) is 24.1 Å². The second-order valence-corrected chi connectivity index (χ2v) is 6.37. The van der Waals surface area contributed by atoms with Gasteiger partial charge in [-0.2, -0.15) is 0 Å². The van der Waals surface area contributed by atoms with Crippen LogP contribution >= 0.6 is 0 Å². The monoisotopic (exact) mass is 325 g/mol.